The molecule has 0 amide bonds. The number of hydrogen-bond donors (Lipinski definition) is 0. The first kappa shape index (κ1) is 13.8. The summed E-state index contributed by atoms with van der Waals surface area (Å²) in [6.45, 7) is 1.61. The van der Waals surface area contributed by atoms with E-state index in [1.54, 1.807) is 6.92 Å². The molecular weight excluding hydrogens is 238 g/mol. The largest absolute Gasteiger partial charge is 0.469 e. The van der Waals surface area contributed by atoms with Crippen LogP contribution in [-0.4, -0.2) is 23.8 Å². The summed E-state index contributed by atoms with van der Waals surface area (Å²) in [6.07, 6.45) is -0.00762. The summed E-state index contributed by atoms with van der Waals surface area (Å²) < 4.78 is 4.48. The van der Waals surface area contributed by atoms with E-state index in [0.29, 0.717) is 5.56 Å². The molecule has 0 spiro atoms. The van der Waals surface area contributed by atoms with E-state index in [0.717, 1.165) is 0 Å². The number of nitro groups is 1. The van der Waals surface area contributed by atoms with E-state index < -0.39 is 16.8 Å². The molecule has 0 heterocycles. The lowest BCUT2D eigenvalue weighted by Gasteiger charge is -2.08. The maximum Gasteiger partial charge on any atom is 0.306 e. The summed E-state index contributed by atoms with van der Waals surface area (Å²) in [7, 11) is 1.26. The number of benzene rings is 1. The summed E-state index contributed by atoms with van der Waals surface area (Å²) in [4.78, 5) is 32.9. The van der Waals surface area contributed by atoms with Gasteiger partial charge in [-0.15, -0.1) is 0 Å². The van der Waals surface area contributed by atoms with Crippen LogP contribution in [0.15, 0.2) is 24.3 Å². The van der Waals surface area contributed by atoms with Crippen LogP contribution in [0.2, 0.25) is 0 Å². The molecule has 0 aliphatic heterocycles. The van der Waals surface area contributed by atoms with Crippen LogP contribution in [0, 0.1) is 16.0 Å². The van der Waals surface area contributed by atoms with Crippen molar-refractivity contribution >= 4 is 17.4 Å². The minimum absolute atomic E-state index is 0.00762. The average molecular weight is 251 g/mol. The number of Topliss-reactive ketones (excluding diaryl/α,β-unsaturated/α-hetero) is 1. The number of nitrogens with zero attached hydrogens (tertiary/aromatic N) is 1. The summed E-state index contributed by atoms with van der Waals surface area (Å²) >= 11 is 0. The third-order valence-electron chi connectivity index (χ3n) is 2.51. The third kappa shape index (κ3) is 3.38. The summed E-state index contributed by atoms with van der Waals surface area (Å²) in [5.74, 6) is -1.22. The Balaban J connectivity index is 2.77. The van der Waals surface area contributed by atoms with E-state index in [1.807, 2.05) is 0 Å². The zero-order valence-electron chi connectivity index (χ0n) is 10.1. The quantitative estimate of drug-likeness (QED) is 0.345. The number of non-ortho nitro benzene ring substituents is 1. The Morgan fingerprint density at radius 3 is 2.33 bits per heavy atom. The molecule has 6 nitrogen and oxygen atoms in total. The highest BCUT2D eigenvalue weighted by Gasteiger charge is 2.19. The monoisotopic (exact) mass is 251 g/mol. The number of esters is 1. The molecule has 0 aromatic heterocycles. The number of ketones is 1. The fourth-order valence-electron chi connectivity index (χ4n) is 1.46. The van der Waals surface area contributed by atoms with Gasteiger partial charge in [-0.1, -0.05) is 6.92 Å². The van der Waals surface area contributed by atoms with Crippen LogP contribution < -0.4 is 0 Å². The van der Waals surface area contributed by atoms with E-state index >= 15 is 0 Å². The molecule has 6 heteroatoms. The second-order valence-corrected chi connectivity index (χ2v) is 3.85. The van der Waals surface area contributed by atoms with Crippen molar-refractivity contribution < 1.29 is 19.2 Å². The molecule has 0 saturated carbocycles. The van der Waals surface area contributed by atoms with Crippen molar-refractivity contribution in [2.45, 2.75) is 13.3 Å². The second-order valence-electron chi connectivity index (χ2n) is 3.85. The maximum absolute atomic E-state index is 11.9. The summed E-state index contributed by atoms with van der Waals surface area (Å²) in [6, 6.07) is 5.29. The van der Waals surface area contributed by atoms with Crippen molar-refractivity contribution in [2.24, 2.45) is 5.92 Å². The molecule has 0 N–H and O–H groups in total. The van der Waals surface area contributed by atoms with Gasteiger partial charge < -0.3 is 4.74 Å². The van der Waals surface area contributed by atoms with Crippen LogP contribution in [0.5, 0.6) is 0 Å². The Morgan fingerprint density at radius 1 is 1.33 bits per heavy atom. The fourth-order valence-corrected chi connectivity index (χ4v) is 1.46. The Morgan fingerprint density at radius 2 is 1.89 bits per heavy atom. The lowest BCUT2D eigenvalue weighted by molar-refractivity contribution is -0.384. The Hall–Kier alpha value is -2.24. The zero-order chi connectivity index (χ0) is 13.7. The zero-order valence-corrected chi connectivity index (χ0v) is 10.1. The normalized spacial score (nSPS) is 11.7. The van der Waals surface area contributed by atoms with Crippen LogP contribution in [0.4, 0.5) is 5.69 Å². The van der Waals surface area contributed by atoms with Gasteiger partial charge in [0.25, 0.3) is 5.69 Å². The van der Waals surface area contributed by atoms with E-state index in [1.165, 1.54) is 31.4 Å². The number of carbonyl (C=O) groups is 2. The fraction of sp³-hybridized carbons (Fsp3) is 0.333. The van der Waals surface area contributed by atoms with Crippen molar-refractivity contribution in [3.05, 3.63) is 39.9 Å². The number of rotatable bonds is 5. The predicted molar refractivity (Wildman–Crippen MR) is 63.2 cm³/mol. The smallest absolute Gasteiger partial charge is 0.306 e. The maximum atomic E-state index is 11.9. The van der Waals surface area contributed by atoms with Crippen LogP contribution in [0.25, 0.3) is 0 Å². The number of nitro benzene ring substituents is 1. The van der Waals surface area contributed by atoms with Gasteiger partial charge in [-0.05, 0) is 12.1 Å². The number of hydrogen-bond acceptors (Lipinski definition) is 5. The van der Waals surface area contributed by atoms with Gasteiger partial charge in [0.15, 0.2) is 5.78 Å². The average Bonchev–Trinajstić information content (AvgIpc) is 2.37. The van der Waals surface area contributed by atoms with Gasteiger partial charge in [-0.3, -0.25) is 19.7 Å². The van der Waals surface area contributed by atoms with Gasteiger partial charge in [-0.25, -0.2) is 0 Å². The van der Waals surface area contributed by atoms with Crippen molar-refractivity contribution in [2.75, 3.05) is 7.11 Å². The highest BCUT2D eigenvalue weighted by atomic mass is 16.6. The van der Waals surface area contributed by atoms with Crippen molar-refractivity contribution in [3.63, 3.8) is 0 Å². The molecule has 0 radical (unpaired) electrons. The number of carbonyl (C=O) groups excluding carboxylic acids is 2. The van der Waals surface area contributed by atoms with Crippen molar-refractivity contribution in [1.82, 2.24) is 0 Å². The molecule has 0 saturated heterocycles. The molecular formula is C12H13NO5. The van der Waals surface area contributed by atoms with Crippen LogP contribution >= 0.6 is 0 Å². The molecule has 0 aliphatic carbocycles. The molecule has 18 heavy (non-hydrogen) atoms. The first-order valence-corrected chi connectivity index (χ1v) is 5.31. The second kappa shape index (κ2) is 5.90. The lowest BCUT2D eigenvalue weighted by Crippen LogP contribution is -2.16. The molecule has 1 rings (SSSR count). The van der Waals surface area contributed by atoms with Gasteiger partial charge in [0.1, 0.15) is 0 Å². The molecule has 0 bridgehead atoms. The molecule has 1 atom stereocenters. The predicted octanol–water partition coefficient (Wildman–Crippen LogP) is 1.98. The van der Waals surface area contributed by atoms with Crippen LogP contribution in [0.1, 0.15) is 23.7 Å². The molecule has 1 aromatic rings. The molecule has 0 aliphatic rings. The van der Waals surface area contributed by atoms with Crippen molar-refractivity contribution in [3.8, 4) is 0 Å². The van der Waals surface area contributed by atoms with Gasteiger partial charge >= 0.3 is 5.97 Å². The molecule has 0 unspecified atom stereocenters. The Labute approximate surface area is 104 Å². The number of ether oxygens (including phenoxy) is 1. The molecule has 96 valence electrons. The summed E-state index contributed by atoms with van der Waals surface area (Å²) in [5.41, 5.74) is 0.268. The third-order valence-corrected chi connectivity index (χ3v) is 2.51. The van der Waals surface area contributed by atoms with Crippen LogP contribution in [0.3, 0.4) is 0 Å². The van der Waals surface area contributed by atoms with Crippen molar-refractivity contribution in [1.29, 1.82) is 0 Å². The standard InChI is InChI=1S/C12H13NO5/c1-8(7-11(14)18-2)12(15)9-3-5-10(6-4-9)13(16)17/h3-6,8H,7H2,1-2H3/t8-/m1/s1. The minimum Gasteiger partial charge on any atom is -0.469 e. The highest BCUT2D eigenvalue weighted by molar-refractivity contribution is 5.99. The minimum atomic E-state index is -0.536. The molecule has 1 aromatic carbocycles. The van der Waals surface area contributed by atoms with E-state index in [-0.39, 0.29) is 17.9 Å². The first-order chi connectivity index (χ1) is 8.45. The van der Waals surface area contributed by atoms with E-state index in [2.05, 4.69) is 4.74 Å². The number of methoxy groups -OCH3 is 1. The Bertz CT molecular complexity index is 466. The topological polar surface area (TPSA) is 86.5 Å². The van der Waals surface area contributed by atoms with Gasteiger partial charge in [0.05, 0.1) is 18.5 Å². The Kier molecular flexibility index (Phi) is 4.53. The lowest BCUT2D eigenvalue weighted by atomic mass is 9.96. The highest BCUT2D eigenvalue weighted by Crippen LogP contribution is 2.16. The first-order valence-electron chi connectivity index (χ1n) is 5.31. The summed E-state index contributed by atoms with van der Waals surface area (Å²) in [5, 5.41) is 10.5. The van der Waals surface area contributed by atoms with Crippen LogP contribution in [-0.2, 0) is 9.53 Å². The van der Waals surface area contributed by atoms with Gasteiger partial charge in [-0.2, -0.15) is 0 Å². The SMILES string of the molecule is COC(=O)C[C@@H](C)C(=O)c1ccc([N+](=O)[O-])cc1. The van der Waals surface area contributed by atoms with Gasteiger partial charge in [0.2, 0.25) is 0 Å². The van der Waals surface area contributed by atoms with E-state index in [4.69, 9.17) is 0 Å². The molecule has 0 fully saturated rings. The van der Waals surface area contributed by atoms with E-state index in [9.17, 15) is 19.7 Å². The van der Waals surface area contributed by atoms with Gasteiger partial charge in [0, 0.05) is 23.6 Å².